The topological polar surface area (TPSA) is 41.5 Å². The van der Waals surface area contributed by atoms with Crippen molar-refractivity contribution < 1.29 is 9.84 Å². The molecule has 0 saturated heterocycles. The quantitative estimate of drug-likeness (QED) is 0.776. The van der Waals surface area contributed by atoms with Gasteiger partial charge in [0, 0.05) is 12.6 Å². The molecule has 2 N–H and O–H groups in total. The monoisotopic (exact) mass is 303 g/mol. The molecule has 2 aliphatic carbocycles. The normalized spacial score (nSPS) is 29.6. The Kier molecular flexibility index (Phi) is 5.51. The summed E-state index contributed by atoms with van der Waals surface area (Å²) in [4.78, 5) is 0. The zero-order valence-corrected chi connectivity index (χ0v) is 13.6. The summed E-state index contributed by atoms with van der Waals surface area (Å²) >= 11 is 0. The Morgan fingerprint density at radius 2 is 2.05 bits per heavy atom. The number of fused-ring (bicyclic) bond motifs is 2. The van der Waals surface area contributed by atoms with Crippen molar-refractivity contribution in [3.63, 3.8) is 0 Å². The highest BCUT2D eigenvalue weighted by Gasteiger charge is 2.41. The molecule has 2 saturated carbocycles. The van der Waals surface area contributed by atoms with E-state index >= 15 is 0 Å². The first-order chi connectivity index (χ1) is 10.7. The van der Waals surface area contributed by atoms with Crippen LogP contribution >= 0.6 is 0 Å². The molecule has 5 unspecified atom stereocenters. The van der Waals surface area contributed by atoms with E-state index in [-0.39, 0.29) is 0 Å². The molecule has 0 radical (unpaired) electrons. The standard InChI is InChI=1S/C19H29NO2/c1-14(19-10-16-7-8-17(19)9-16)20-11-18(21)13-22-12-15-5-3-2-4-6-15/h2-6,14,16-21H,7-13H2,1H3. The third kappa shape index (κ3) is 4.09. The highest BCUT2D eigenvalue weighted by molar-refractivity contribution is 5.13. The summed E-state index contributed by atoms with van der Waals surface area (Å²) in [6, 6.07) is 10.6. The zero-order valence-electron chi connectivity index (χ0n) is 13.6. The Morgan fingerprint density at radius 1 is 1.23 bits per heavy atom. The van der Waals surface area contributed by atoms with Crippen LogP contribution in [0.3, 0.4) is 0 Å². The Hall–Kier alpha value is -0.900. The molecule has 0 aliphatic heterocycles. The van der Waals surface area contributed by atoms with Gasteiger partial charge in [0.2, 0.25) is 0 Å². The molecule has 3 nitrogen and oxygen atoms in total. The fourth-order valence-electron chi connectivity index (χ4n) is 4.33. The van der Waals surface area contributed by atoms with Crippen molar-refractivity contribution in [2.45, 2.75) is 51.4 Å². The van der Waals surface area contributed by atoms with E-state index in [0.717, 1.165) is 23.3 Å². The fraction of sp³-hybridized carbons (Fsp3) is 0.684. The number of benzene rings is 1. The molecule has 22 heavy (non-hydrogen) atoms. The highest BCUT2D eigenvalue weighted by Crippen LogP contribution is 2.49. The van der Waals surface area contributed by atoms with E-state index in [0.29, 0.717) is 25.8 Å². The van der Waals surface area contributed by atoms with Gasteiger partial charge in [-0.3, -0.25) is 0 Å². The number of aliphatic hydroxyl groups is 1. The maximum Gasteiger partial charge on any atom is 0.0897 e. The second-order valence-electron chi connectivity index (χ2n) is 7.19. The molecule has 0 amide bonds. The third-order valence-corrected chi connectivity index (χ3v) is 5.53. The Labute approximate surface area is 134 Å². The maximum atomic E-state index is 10.1. The number of rotatable bonds is 8. The second kappa shape index (κ2) is 7.58. The number of nitrogens with one attached hydrogen (secondary N) is 1. The average molecular weight is 303 g/mol. The largest absolute Gasteiger partial charge is 0.389 e. The van der Waals surface area contributed by atoms with Gasteiger partial charge in [0.25, 0.3) is 0 Å². The van der Waals surface area contributed by atoms with Crippen molar-refractivity contribution in [2.75, 3.05) is 13.2 Å². The maximum absolute atomic E-state index is 10.1. The number of hydrogen-bond donors (Lipinski definition) is 2. The summed E-state index contributed by atoms with van der Waals surface area (Å²) in [7, 11) is 0. The van der Waals surface area contributed by atoms with Gasteiger partial charge in [0.1, 0.15) is 0 Å². The van der Waals surface area contributed by atoms with Gasteiger partial charge in [-0.2, -0.15) is 0 Å². The van der Waals surface area contributed by atoms with Crippen molar-refractivity contribution in [3.8, 4) is 0 Å². The lowest BCUT2D eigenvalue weighted by Gasteiger charge is -2.29. The van der Waals surface area contributed by atoms with Crippen LogP contribution in [0.4, 0.5) is 0 Å². The molecule has 5 atom stereocenters. The minimum atomic E-state index is -0.426. The van der Waals surface area contributed by atoms with Crippen molar-refractivity contribution in [3.05, 3.63) is 35.9 Å². The second-order valence-corrected chi connectivity index (χ2v) is 7.19. The molecule has 0 aromatic heterocycles. The van der Waals surface area contributed by atoms with E-state index < -0.39 is 6.10 Å². The Balaban J connectivity index is 1.31. The Bertz CT molecular complexity index is 450. The van der Waals surface area contributed by atoms with Gasteiger partial charge in [-0.1, -0.05) is 36.8 Å². The van der Waals surface area contributed by atoms with Gasteiger partial charge in [-0.05, 0) is 49.5 Å². The van der Waals surface area contributed by atoms with Crippen LogP contribution < -0.4 is 5.32 Å². The lowest BCUT2D eigenvalue weighted by molar-refractivity contribution is 0.0263. The van der Waals surface area contributed by atoms with Gasteiger partial charge in [-0.15, -0.1) is 0 Å². The minimum absolute atomic E-state index is 0.394. The lowest BCUT2D eigenvalue weighted by Crippen LogP contribution is -2.41. The van der Waals surface area contributed by atoms with Crippen LogP contribution in [0.25, 0.3) is 0 Å². The molecule has 3 heteroatoms. The summed E-state index contributed by atoms with van der Waals surface area (Å²) < 4.78 is 5.60. The van der Waals surface area contributed by atoms with Gasteiger partial charge in [0.05, 0.1) is 19.3 Å². The van der Waals surface area contributed by atoms with Crippen LogP contribution in [0.2, 0.25) is 0 Å². The number of aliphatic hydroxyl groups excluding tert-OH is 1. The summed E-state index contributed by atoms with van der Waals surface area (Å²) in [5, 5.41) is 13.6. The van der Waals surface area contributed by atoms with Crippen molar-refractivity contribution in [2.24, 2.45) is 17.8 Å². The summed E-state index contributed by atoms with van der Waals surface area (Å²) in [5.41, 5.74) is 1.15. The van der Waals surface area contributed by atoms with Crippen LogP contribution in [0.15, 0.2) is 30.3 Å². The first-order valence-corrected chi connectivity index (χ1v) is 8.75. The van der Waals surface area contributed by atoms with Crippen molar-refractivity contribution >= 4 is 0 Å². The van der Waals surface area contributed by atoms with Crippen molar-refractivity contribution in [1.82, 2.24) is 5.32 Å². The highest BCUT2D eigenvalue weighted by atomic mass is 16.5. The summed E-state index contributed by atoms with van der Waals surface area (Å²) in [6.45, 7) is 3.87. The van der Waals surface area contributed by atoms with E-state index in [2.05, 4.69) is 12.2 Å². The van der Waals surface area contributed by atoms with Crippen LogP contribution in [-0.4, -0.2) is 30.4 Å². The first-order valence-electron chi connectivity index (χ1n) is 8.75. The van der Waals surface area contributed by atoms with E-state index in [9.17, 15) is 5.11 Å². The van der Waals surface area contributed by atoms with Crippen LogP contribution in [0.1, 0.15) is 38.2 Å². The van der Waals surface area contributed by atoms with Gasteiger partial charge in [-0.25, -0.2) is 0 Å². The van der Waals surface area contributed by atoms with E-state index in [1.54, 1.807) is 0 Å². The molecule has 3 rings (SSSR count). The number of ether oxygens (including phenoxy) is 1. The molecule has 0 heterocycles. The predicted molar refractivity (Wildman–Crippen MR) is 88.5 cm³/mol. The van der Waals surface area contributed by atoms with E-state index in [1.807, 2.05) is 30.3 Å². The summed E-state index contributed by atoms with van der Waals surface area (Å²) in [5.74, 6) is 2.73. The lowest BCUT2D eigenvalue weighted by atomic mass is 9.84. The molecule has 1 aromatic rings. The van der Waals surface area contributed by atoms with Crippen molar-refractivity contribution in [1.29, 1.82) is 0 Å². The third-order valence-electron chi connectivity index (χ3n) is 5.53. The Morgan fingerprint density at radius 3 is 2.73 bits per heavy atom. The molecule has 1 aromatic carbocycles. The molecule has 122 valence electrons. The van der Waals surface area contributed by atoms with Gasteiger partial charge < -0.3 is 15.2 Å². The first kappa shape index (κ1) is 16.0. The fourth-order valence-corrected chi connectivity index (χ4v) is 4.33. The predicted octanol–water partition coefficient (Wildman–Crippen LogP) is 2.98. The van der Waals surface area contributed by atoms with Gasteiger partial charge in [0.15, 0.2) is 0 Å². The SMILES string of the molecule is CC(NCC(O)COCc1ccccc1)C1CC2CCC1C2. The van der Waals surface area contributed by atoms with Gasteiger partial charge >= 0.3 is 0 Å². The van der Waals surface area contributed by atoms with Crippen LogP contribution in [0, 0.1) is 17.8 Å². The van der Waals surface area contributed by atoms with E-state index in [4.69, 9.17) is 4.74 Å². The molecule has 2 aliphatic rings. The molecular formula is C19H29NO2. The minimum Gasteiger partial charge on any atom is -0.389 e. The van der Waals surface area contributed by atoms with E-state index in [1.165, 1.54) is 25.7 Å². The molecule has 2 bridgehead atoms. The molecular weight excluding hydrogens is 274 g/mol. The smallest absolute Gasteiger partial charge is 0.0897 e. The summed E-state index contributed by atoms with van der Waals surface area (Å²) in [6.07, 6.45) is 5.28. The van der Waals surface area contributed by atoms with Crippen LogP contribution in [-0.2, 0) is 11.3 Å². The molecule has 2 fully saturated rings. The molecule has 0 spiro atoms. The zero-order chi connectivity index (χ0) is 15.4. The number of hydrogen-bond acceptors (Lipinski definition) is 3. The average Bonchev–Trinajstić information content (AvgIpc) is 3.17. The van der Waals surface area contributed by atoms with Crippen LogP contribution in [0.5, 0.6) is 0 Å².